The highest BCUT2D eigenvalue weighted by molar-refractivity contribution is 5.80. The molecule has 1 aliphatic heterocycles. The quantitative estimate of drug-likeness (QED) is 0.404. The molecular formula is C23H31N5O3. The summed E-state index contributed by atoms with van der Waals surface area (Å²) in [4.78, 5) is 11.4. The number of hydrogen-bond acceptors (Lipinski definition) is 6. The van der Waals surface area contributed by atoms with Gasteiger partial charge in [0.25, 0.3) is 0 Å². The van der Waals surface area contributed by atoms with Crippen molar-refractivity contribution in [1.29, 1.82) is 0 Å². The lowest BCUT2D eigenvalue weighted by Gasteiger charge is -2.30. The standard InChI is InChI=1S/C23H31N5O3/c1-15-21(25-22(29)28-26-15)27-24-13-17-8-11-19(20(12-17)30-5)31-14-16-6-9-18(10-7-16)23(2,3)4/h6-13,15,21,26-27H,14H2,1-5H3,(H2,25,28,29)/b24-13+. The SMILES string of the molecule is COc1cc(/C=N/NC2NC(=O)NNC2C)ccc1OCc1ccc(C(C)(C)C)cc1. The monoisotopic (exact) mass is 425 g/mol. The molecule has 1 saturated heterocycles. The number of methoxy groups -OCH3 is 1. The molecule has 2 amide bonds. The van der Waals surface area contributed by atoms with Crippen LogP contribution in [0, 0.1) is 0 Å². The third kappa shape index (κ3) is 6.11. The molecule has 1 heterocycles. The molecule has 2 unspecified atom stereocenters. The Morgan fingerprint density at radius 1 is 1.13 bits per heavy atom. The number of benzene rings is 2. The van der Waals surface area contributed by atoms with Crippen LogP contribution in [0.1, 0.15) is 44.4 Å². The predicted octanol–water partition coefficient (Wildman–Crippen LogP) is 3.03. The highest BCUT2D eigenvalue weighted by Gasteiger charge is 2.23. The highest BCUT2D eigenvalue weighted by atomic mass is 16.5. The van der Waals surface area contributed by atoms with E-state index in [4.69, 9.17) is 9.47 Å². The Kier molecular flexibility index (Phi) is 7.02. The second-order valence-corrected chi connectivity index (χ2v) is 8.54. The van der Waals surface area contributed by atoms with Crippen molar-refractivity contribution in [3.05, 3.63) is 59.2 Å². The summed E-state index contributed by atoms with van der Waals surface area (Å²) in [5, 5.41) is 6.97. The van der Waals surface area contributed by atoms with Crippen LogP contribution in [0.3, 0.4) is 0 Å². The summed E-state index contributed by atoms with van der Waals surface area (Å²) in [5.41, 5.74) is 11.6. The lowest BCUT2D eigenvalue weighted by molar-refractivity contribution is 0.202. The van der Waals surface area contributed by atoms with Gasteiger partial charge in [-0.2, -0.15) is 5.10 Å². The van der Waals surface area contributed by atoms with Gasteiger partial charge in [0.1, 0.15) is 12.8 Å². The number of hydrogen-bond donors (Lipinski definition) is 4. The zero-order valence-electron chi connectivity index (χ0n) is 18.7. The zero-order valence-corrected chi connectivity index (χ0v) is 18.7. The lowest BCUT2D eigenvalue weighted by Crippen LogP contribution is -2.67. The van der Waals surface area contributed by atoms with Crippen LogP contribution < -0.4 is 31.1 Å². The van der Waals surface area contributed by atoms with Gasteiger partial charge < -0.3 is 14.8 Å². The number of amides is 2. The molecule has 0 aliphatic carbocycles. The van der Waals surface area contributed by atoms with Crippen molar-refractivity contribution in [2.45, 2.75) is 51.9 Å². The molecule has 1 fully saturated rings. The number of hydrazine groups is 1. The lowest BCUT2D eigenvalue weighted by atomic mass is 9.87. The van der Waals surface area contributed by atoms with Crippen molar-refractivity contribution in [2.24, 2.45) is 5.10 Å². The number of nitrogens with one attached hydrogen (secondary N) is 4. The molecule has 0 bridgehead atoms. The Labute approximate surface area is 183 Å². The topological polar surface area (TPSA) is 96.0 Å². The summed E-state index contributed by atoms with van der Waals surface area (Å²) in [5.74, 6) is 1.29. The van der Waals surface area contributed by atoms with Crippen LogP contribution in [-0.2, 0) is 12.0 Å². The molecule has 2 aromatic rings. The smallest absolute Gasteiger partial charge is 0.330 e. The normalized spacial score (nSPS) is 18.9. The van der Waals surface area contributed by atoms with Crippen LogP contribution in [-0.4, -0.2) is 31.6 Å². The first-order chi connectivity index (χ1) is 14.8. The highest BCUT2D eigenvalue weighted by Crippen LogP contribution is 2.29. The van der Waals surface area contributed by atoms with Crippen molar-refractivity contribution in [2.75, 3.05) is 7.11 Å². The van der Waals surface area contributed by atoms with E-state index >= 15 is 0 Å². The van der Waals surface area contributed by atoms with Crippen molar-refractivity contribution >= 4 is 12.2 Å². The van der Waals surface area contributed by atoms with Gasteiger partial charge in [-0.15, -0.1) is 0 Å². The number of ether oxygens (including phenoxy) is 2. The van der Waals surface area contributed by atoms with Gasteiger partial charge in [-0.05, 0) is 47.2 Å². The Morgan fingerprint density at radius 2 is 1.87 bits per heavy atom. The number of hydrazone groups is 1. The summed E-state index contributed by atoms with van der Waals surface area (Å²) < 4.78 is 11.5. The van der Waals surface area contributed by atoms with Gasteiger partial charge in [0.05, 0.1) is 19.4 Å². The van der Waals surface area contributed by atoms with E-state index in [0.717, 1.165) is 11.1 Å². The Morgan fingerprint density at radius 3 is 2.55 bits per heavy atom. The van der Waals surface area contributed by atoms with Crippen LogP contribution in [0.25, 0.3) is 0 Å². The van der Waals surface area contributed by atoms with E-state index in [-0.39, 0.29) is 23.7 Å². The van der Waals surface area contributed by atoms with Gasteiger partial charge in [-0.25, -0.2) is 10.2 Å². The van der Waals surface area contributed by atoms with E-state index in [2.05, 4.69) is 71.7 Å². The maximum atomic E-state index is 11.4. The fourth-order valence-corrected chi connectivity index (χ4v) is 3.05. The molecule has 31 heavy (non-hydrogen) atoms. The molecule has 3 rings (SSSR count). The van der Waals surface area contributed by atoms with Crippen molar-refractivity contribution in [3.63, 3.8) is 0 Å². The van der Waals surface area contributed by atoms with Gasteiger partial charge in [-0.3, -0.25) is 10.9 Å². The second kappa shape index (κ2) is 9.70. The zero-order chi connectivity index (χ0) is 22.4. The molecule has 4 N–H and O–H groups in total. The number of urea groups is 1. The van der Waals surface area contributed by atoms with Crippen LogP contribution in [0.2, 0.25) is 0 Å². The molecule has 0 spiro atoms. The molecule has 8 heteroatoms. The van der Waals surface area contributed by atoms with Crippen LogP contribution in [0.4, 0.5) is 4.79 Å². The van der Waals surface area contributed by atoms with E-state index < -0.39 is 0 Å². The van der Waals surface area contributed by atoms with Gasteiger partial charge >= 0.3 is 6.03 Å². The minimum absolute atomic E-state index is 0.0300. The van der Waals surface area contributed by atoms with Crippen LogP contribution in [0.15, 0.2) is 47.6 Å². The van der Waals surface area contributed by atoms with E-state index in [1.807, 2.05) is 25.1 Å². The van der Waals surface area contributed by atoms with E-state index in [0.29, 0.717) is 18.1 Å². The summed E-state index contributed by atoms with van der Waals surface area (Å²) in [6.07, 6.45) is 1.34. The first-order valence-corrected chi connectivity index (χ1v) is 10.3. The maximum absolute atomic E-state index is 11.4. The second-order valence-electron chi connectivity index (χ2n) is 8.54. The molecule has 2 atom stereocenters. The maximum Gasteiger partial charge on any atom is 0.330 e. The number of rotatable bonds is 7. The average Bonchev–Trinajstić information content (AvgIpc) is 2.74. The third-order valence-corrected chi connectivity index (χ3v) is 5.03. The van der Waals surface area contributed by atoms with Gasteiger partial charge in [0, 0.05) is 0 Å². The van der Waals surface area contributed by atoms with Crippen molar-refractivity contribution in [3.8, 4) is 11.5 Å². The van der Waals surface area contributed by atoms with Crippen LogP contribution in [0.5, 0.6) is 11.5 Å². The minimum Gasteiger partial charge on any atom is -0.493 e. The summed E-state index contributed by atoms with van der Waals surface area (Å²) in [6.45, 7) is 8.97. The molecule has 0 aromatic heterocycles. The Hall–Kier alpha value is -3.26. The first kappa shape index (κ1) is 22.4. The summed E-state index contributed by atoms with van der Waals surface area (Å²) in [7, 11) is 1.61. The number of carbonyl (C=O) groups is 1. The first-order valence-electron chi connectivity index (χ1n) is 10.3. The number of carbonyl (C=O) groups excluding carboxylic acids is 1. The van der Waals surface area contributed by atoms with Crippen molar-refractivity contribution in [1.82, 2.24) is 21.6 Å². The molecule has 166 valence electrons. The van der Waals surface area contributed by atoms with Gasteiger partial charge in [-0.1, -0.05) is 45.0 Å². The summed E-state index contributed by atoms with van der Waals surface area (Å²) >= 11 is 0. The van der Waals surface area contributed by atoms with Crippen LogP contribution >= 0.6 is 0 Å². The van der Waals surface area contributed by atoms with Crippen molar-refractivity contribution < 1.29 is 14.3 Å². The Bertz CT molecular complexity index is 922. The predicted molar refractivity (Wildman–Crippen MR) is 121 cm³/mol. The third-order valence-electron chi connectivity index (χ3n) is 5.03. The van der Waals surface area contributed by atoms with E-state index in [1.165, 1.54) is 5.56 Å². The molecule has 8 nitrogen and oxygen atoms in total. The largest absolute Gasteiger partial charge is 0.493 e. The molecule has 1 aliphatic rings. The molecule has 0 saturated carbocycles. The van der Waals surface area contributed by atoms with Gasteiger partial charge in [0.2, 0.25) is 0 Å². The molecule has 2 aromatic carbocycles. The molecular weight excluding hydrogens is 394 g/mol. The fraction of sp³-hybridized carbons (Fsp3) is 0.391. The average molecular weight is 426 g/mol. The van der Waals surface area contributed by atoms with E-state index in [1.54, 1.807) is 13.3 Å². The van der Waals surface area contributed by atoms with E-state index in [9.17, 15) is 4.79 Å². The fourth-order valence-electron chi connectivity index (χ4n) is 3.05. The Balaban J connectivity index is 1.60. The van der Waals surface area contributed by atoms with Gasteiger partial charge in [0.15, 0.2) is 11.5 Å². The minimum atomic E-state index is -0.320. The molecule has 0 radical (unpaired) electrons. The summed E-state index contributed by atoms with van der Waals surface area (Å²) in [6, 6.07) is 13.7. The number of nitrogens with zero attached hydrogens (tertiary/aromatic N) is 1.